The molecule has 0 bridgehead atoms. The van der Waals surface area contributed by atoms with Gasteiger partial charge in [-0.05, 0) is 48.2 Å². The highest BCUT2D eigenvalue weighted by Crippen LogP contribution is 2.29. The van der Waals surface area contributed by atoms with Crippen LogP contribution in [-0.2, 0) is 6.54 Å². The van der Waals surface area contributed by atoms with Crippen molar-refractivity contribution < 1.29 is 8.78 Å². The molecular weight excluding hydrogens is 268 g/mol. The van der Waals surface area contributed by atoms with Crippen molar-refractivity contribution in [2.24, 2.45) is 0 Å². The Labute approximate surface area is 125 Å². The Balaban J connectivity index is 2.43. The maximum absolute atomic E-state index is 14.1. The third-order valence-corrected chi connectivity index (χ3v) is 3.55. The van der Waals surface area contributed by atoms with Gasteiger partial charge in [0.15, 0.2) is 0 Å². The summed E-state index contributed by atoms with van der Waals surface area (Å²) in [7, 11) is 0. The van der Waals surface area contributed by atoms with Crippen molar-refractivity contribution in [3.05, 3.63) is 58.7 Å². The summed E-state index contributed by atoms with van der Waals surface area (Å²) in [6.45, 7) is 8.48. The normalized spacial score (nSPS) is 11.2. The van der Waals surface area contributed by atoms with Crippen LogP contribution < -0.4 is 5.32 Å². The van der Waals surface area contributed by atoms with E-state index in [0.717, 1.165) is 29.3 Å². The van der Waals surface area contributed by atoms with Gasteiger partial charge in [-0.15, -0.1) is 0 Å². The second-order valence-electron chi connectivity index (χ2n) is 5.77. The molecule has 0 radical (unpaired) electrons. The quantitative estimate of drug-likeness (QED) is 0.856. The van der Waals surface area contributed by atoms with E-state index in [2.05, 4.69) is 19.2 Å². The van der Waals surface area contributed by atoms with Crippen molar-refractivity contribution in [1.82, 2.24) is 5.32 Å². The predicted octanol–water partition coefficient (Wildman–Crippen LogP) is 4.75. The topological polar surface area (TPSA) is 12.0 Å². The molecule has 3 heteroatoms. The number of rotatable bonds is 4. The lowest BCUT2D eigenvalue weighted by Crippen LogP contribution is -2.21. The Morgan fingerprint density at radius 1 is 0.905 bits per heavy atom. The van der Waals surface area contributed by atoms with Crippen LogP contribution in [0, 0.1) is 25.5 Å². The minimum absolute atomic E-state index is 0.388. The monoisotopic (exact) mass is 289 g/mol. The Kier molecular flexibility index (Phi) is 4.73. The van der Waals surface area contributed by atoms with Gasteiger partial charge in [0.2, 0.25) is 0 Å². The van der Waals surface area contributed by atoms with E-state index in [-0.39, 0.29) is 0 Å². The molecule has 0 saturated carbocycles. The largest absolute Gasteiger partial charge is 0.310 e. The van der Waals surface area contributed by atoms with Crippen molar-refractivity contribution in [3.63, 3.8) is 0 Å². The van der Waals surface area contributed by atoms with Gasteiger partial charge < -0.3 is 5.32 Å². The van der Waals surface area contributed by atoms with Gasteiger partial charge in [-0.3, -0.25) is 0 Å². The maximum atomic E-state index is 14.1. The van der Waals surface area contributed by atoms with Gasteiger partial charge in [-0.1, -0.05) is 26.0 Å². The summed E-state index contributed by atoms with van der Waals surface area (Å²) in [6.07, 6.45) is 0. The van der Waals surface area contributed by atoms with E-state index in [0.29, 0.717) is 17.2 Å². The van der Waals surface area contributed by atoms with E-state index in [1.807, 2.05) is 25.1 Å². The van der Waals surface area contributed by atoms with Gasteiger partial charge in [0.1, 0.15) is 11.6 Å². The smallest absolute Gasteiger partial charge is 0.133 e. The number of benzene rings is 2. The van der Waals surface area contributed by atoms with Crippen LogP contribution in [0.3, 0.4) is 0 Å². The third-order valence-electron chi connectivity index (χ3n) is 3.55. The standard InChI is InChI=1S/C18H21F2N/c1-11(2)21-10-14-6-5-12(3)15(8-14)16-7-13(4)17(19)9-18(16)20/h5-9,11,21H,10H2,1-4H3. The molecule has 0 aliphatic rings. The fourth-order valence-electron chi connectivity index (χ4n) is 2.25. The molecule has 2 rings (SSSR count). The zero-order chi connectivity index (χ0) is 15.6. The molecule has 21 heavy (non-hydrogen) atoms. The molecule has 0 aliphatic heterocycles. The molecule has 0 saturated heterocycles. The predicted molar refractivity (Wildman–Crippen MR) is 83.2 cm³/mol. The van der Waals surface area contributed by atoms with Gasteiger partial charge in [0, 0.05) is 24.2 Å². The molecule has 0 atom stereocenters. The molecule has 0 amide bonds. The maximum Gasteiger partial charge on any atom is 0.133 e. The summed E-state index contributed by atoms with van der Waals surface area (Å²) >= 11 is 0. The van der Waals surface area contributed by atoms with Gasteiger partial charge in [0.05, 0.1) is 0 Å². The number of hydrogen-bond acceptors (Lipinski definition) is 1. The lowest BCUT2D eigenvalue weighted by molar-refractivity contribution is 0.579. The molecule has 0 aromatic heterocycles. The second kappa shape index (κ2) is 6.35. The van der Waals surface area contributed by atoms with Crippen LogP contribution in [0.5, 0.6) is 0 Å². The lowest BCUT2D eigenvalue weighted by atomic mass is 9.96. The van der Waals surface area contributed by atoms with Crippen molar-refractivity contribution in [2.45, 2.75) is 40.3 Å². The van der Waals surface area contributed by atoms with Crippen LogP contribution in [0.15, 0.2) is 30.3 Å². The average molecular weight is 289 g/mol. The summed E-state index contributed by atoms with van der Waals surface area (Å²) in [5, 5.41) is 3.34. The molecule has 2 aromatic rings. The summed E-state index contributed by atoms with van der Waals surface area (Å²) in [4.78, 5) is 0. The van der Waals surface area contributed by atoms with E-state index in [1.54, 1.807) is 13.0 Å². The Hall–Kier alpha value is -1.74. The van der Waals surface area contributed by atoms with Crippen LogP contribution in [0.2, 0.25) is 0 Å². The first kappa shape index (κ1) is 15.6. The van der Waals surface area contributed by atoms with Crippen molar-refractivity contribution >= 4 is 0 Å². The van der Waals surface area contributed by atoms with Crippen molar-refractivity contribution in [1.29, 1.82) is 0 Å². The highest BCUT2D eigenvalue weighted by atomic mass is 19.1. The van der Waals surface area contributed by atoms with Crippen molar-refractivity contribution in [2.75, 3.05) is 0 Å². The molecule has 0 fully saturated rings. The minimum Gasteiger partial charge on any atom is -0.310 e. The van der Waals surface area contributed by atoms with Crippen LogP contribution >= 0.6 is 0 Å². The minimum atomic E-state index is -0.518. The van der Waals surface area contributed by atoms with E-state index in [9.17, 15) is 8.78 Å². The first-order valence-electron chi connectivity index (χ1n) is 7.17. The Bertz CT molecular complexity index is 648. The summed E-state index contributed by atoms with van der Waals surface area (Å²) in [5.41, 5.74) is 3.80. The Morgan fingerprint density at radius 2 is 1.62 bits per heavy atom. The van der Waals surface area contributed by atoms with E-state index in [1.165, 1.54) is 0 Å². The third kappa shape index (κ3) is 3.67. The molecule has 0 unspecified atom stereocenters. The van der Waals surface area contributed by atoms with Crippen LogP contribution in [0.25, 0.3) is 11.1 Å². The SMILES string of the molecule is Cc1cc(-c2cc(CNC(C)C)ccc2C)c(F)cc1F. The van der Waals surface area contributed by atoms with Gasteiger partial charge >= 0.3 is 0 Å². The molecule has 1 nitrogen and oxygen atoms in total. The molecule has 0 aliphatic carbocycles. The molecule has 112 valence electrons. The first-order chi connectivity index (χ1) is 9.88. The average Bonchev–Trinajstić information content (AvgIpc) is 2.42. The number of hydrogen-bond donors (Lipinski definition) is 1. The molecule has 1 N–H and O–H groups in total. The molecule has 0 spiro atoms. The van der Waals surface area contributed by atoms with Crippen molar-refractivity contribution in [3.8, 4) is 11.1 Å². The summed E-state index contributed by atoms with van der Waals surface area (Å²) in [6, 6.07) is 8.91. The van der Waals surface area contributed by atoms with E-state index in [4.69, 9.17) is 0 Å². The van der Waals surface area contributed by atoms with Gasteiger partial charge in [-0.2, -0.15) is 0 Å². The van der Waals surface area contributed by atoms with Gasteiger partial charge in [0.25, 0.3) is 0 Å². The van der Waals surface area contributed by atoms with Crippen LogP contribution in [-0.4, -0.2) is 6.04 Å². The molecule has 2 aromatic carbocycles. The van der Waals surface area contributed by atoms with Crippen LogP contribution in [0.4, 0.5) is 8.78 Å². The Morgan fingerprint density at radius 3 is 2.29 bits per heavy atom. The molecule has 0 heterocycles. The van der Waals surface area contributed by atoms with Crippen LogP contribution in [0.1, 0.15) is 30.5 Å². The summed E-state index contributed by atoms with van der Waals surface area (Å²) < 4.78 is 27.5. The zero-order valence-corrected chi connectivity index (χ0v) is 12.9. The fourth-order valence-corrected chi connectivity index (χ4v) is 2.25. The number of halogens is 2. The van der Waals surface area contributed by atoms with E-state index < -0.39 is 11.6 Å². The number of aryl methyl sites for hydroxylation is 2. The molecular formula is C18H21F2N. The zero-order valence-electron chi connectivity index (χ0n) is 12.9. The fraction of sp³-hybridized carbons (Fsp3) is 0.333. The highest BCUT2D eigenvalue weighted by Gasteiger charge is 2.12. The number of nitrogens with one attached hydrogen (secondary N) is 1. The summed E-state index contributed by atoms with van der Waals surface area (Å²) in [5.74, 6) is -1.03. The van der Waals surface area contributed by atoms with Gasteiger partial charge in [-0.25, -0.2) is 8.78 Å². The highest BCUT2D eigenvalue weighted by molar-refractivity contribution is 5.69. The lowest BCUT2D eigenvalue weighted by Gasteiger charge is -2.13. The second-order valence-corrected chi connectivity index (χ2v) is 5.77. The van der Waals surface area contributed by atoms with E-state index >= 15 is 0 Å². The first-order valence-corrected chi connectivity index (χ1v) is 7.17.